The lowest BCUT2D eigenvalue weighted by Gasteiger charge is -2.56. The number of carboxylic acid groups (broad SMARTS) is 1. The second-order valence-electron chi connectivity index (χ2n) is 8.32. The average Bonchev–Trinajstić information content (AvgIpc) is 2.74. The van der Waals surface area contributed by atoms with Crippen molar-refractivity contribution in [2.45, 2.75) is 31.1 Å². The maximum atomic E-state index is 14.6. The van der Waals surface area contributed by atoms with Crippen LogP contribution < -0.4 is 4.90 Å². The zero-order chi connectivity index (χ0) is 24.8. The number of hydrogen-bond acceptors (Lipinski definition) is 4. The van der Waals surface area contributed by atoms with E-state index in [1.54, 1.807) is 6.07 Å². The lowest BCUT2D eigenvalue weighted by atomic mass is 9.65. The van der Waals surface area contributed by atoms with Gasteiger partial charge in [0.25, 0.3) is 5.91 Å². The van der Waals surface area contributed by atoms with Gasteiger partial charge in [0.05, 0.1) is 28.8 Å². The van der Waals surface area contributed by atoms with Crippen molar-refractivity contribution in [3.05, 3.63) is 65.0 Å². The molecule has 0 unspecified atom stereocenters. The molecule has 1 aliphatic heterocycles. The van der Waals surface area contributed by atoms with E-state index in [2.05, 4.69) is 0 Å². The molecule has 34 heavy (non-hydrogen) atoms. The summed E-state index contributed by atoms with van der Waals surface area (Å²) in [6.07, 6.45) is -4.95. The molecule has 2 fully saturated rings. The second kappa shape index (κ2) is 8.13. The molecule has 1 saturated heterocycles. The molecule has 176 valence electrons. The number of amides is 2. The number of hydrogen-bond donors (Lipinski definition) is 1. The summed E-state index contributed by atoms with van der Waals surface area (Å²) in [6, 6.07) is 9.28. The minimum Gasteiger partial charge on any atom is -0.481 e. The first kappa shape index (κ1) is 23.2. The Balaban J connectivity index is 1.67. The van der Waals surface area contributed by atoms with Gasteiger partial charge in [0.2, 0.25) is 5.91 Å². The Kier molecular flexibility index (Phi) is 5.55. The molecular formula is C23H17F4N3O4. The summed E-state index contributed by atoms with van der Waals surface area (Å²) >= 11 is 0. The van der Waals surface area contributed by atoms with Gasteiger partial charge in [-0.05, 0) is 48.7 Å². The average molecular weight is 475 g/mol. The van der Waals surface area contributed by atoms with Crippen LogP contribution in [-0.4, -0.2) is 39.9 Å². The molecular weight excluding hydrogens is 458 g/mol. The number of anilines is 1. The number of benzene rings is 2. The van der Waals surface area contributed by atoms with Crippen LogP contribution in [-0.2, 0) is 27.1 Å². The summed E-state index contributed by atoms with van der Waals surface area (Å²) in [4.78, 5) is 40.1. The van der Waals surface area contributed by atoms with Crippen LogP contribution in [0.2, 0.25) is 0 Å². The number of aliphatic carboxylic acids is 1. The largest absolute Gasteiger partial charge is 0.481 e. The molecule has 1 heterocycles. The van der Waals surface area contributed by atoms with Crippen molar-refractivity contribution in [1.29, 1.82) is 5.26 Å². The summed E-state index contributed by atoms with van der Waals surface area (Å²) in [5.74, 6) is -4.23. The number of carbonyl (C=O) groups is 3. The normalized spacial score (nSPS) is 22.5. The number of halogens is 4. The van der Waals surface area contributed by atoms with E-state index in [1.165, 1.54) is 29.2 Å². The molecule has 2 aliphatic rings. The SMILES string of the molecule is N#Cc1ccc(N2CC(=O)N(Cc3ccc(C(F)(F)F)cc3)C3(CC(C(=O)O)C3)C2=O)c(F)c1. The van der Waals surface area contributed by atoms with Gasteiger partial charge in [0.1, 0.15) is 17.9 Å². The first-order valence-corrected chi connectivity index (χ1v) is 10.2. The summed E-state index contributed by atoms with van der Waals surface area (Å²) in [5.41, 5.74) is -2.31. The zero-order valence-corrected chi connectivity index (χ0v) is 17.5. The monoisotopic (exact) mass is 475 g/mol. The Morgan fingerprint density at radius 1 is 1.15 bits per heavy atom. The Labute approximate surface area is 190 Å². The number of carbonyl (C=O) groups excluding carboxylic acids is 2. The van der Waals surface area contributed by atoms with Crippen molar-refractivity contribution in [1.82, 2.24) is 4.90 Å². The van der Waals surface area contributed by atoms with Gasteiger partial charge in [-0.15, -0.1) is 0 Å². The van der Waals surface area contributed by atoms with Gasteiger partial charge in [-0.3, -0.25) is 19.3 Å². The Morgan fingerprint density at radius 2 is 1.79 bits per heavy atom. The molecule has 0 aromatic heterocycles. The van der Waals surface area contributed by atoms with Crippen molar-refractivity contribution in [3.63, 3.8) is 0 Å². The maximum absolute atomic E-state index is 14.6. The molecule has 0 radical (unpaired) electrons. The molecule has 1 saturated carbocycles. The number of rotatable bonds is 4. The summed E-state index contributed by atoms with van der Waals surface area (Å²) in [6.45, 7) is -0.749. The van der Waals surface area contributed by atoms with Crippen LogP contribution in [0.3, 0.4) is 0 Å². The second-order valence-corrected chi connectivity index (χ2v) is 8.32. The minimum atomic E-state index is -4.54. The Morgan fingerprint density at radius 3 is 2.32 bits per heavy atom. The highest BCUT2D eigenvalue weighted by Gasteiger charge is 2.61. The van der Waals surface area contributed by atoms with Crippen LogP contribution in [0.25, 0.3) is 0 Å². The third-order valence-electron chi connectivity index (χ3n) is 6.26. The van der Waals surface area contributed by atoms with Crippen molar-refractivity contribution in [3.8, 4) is 6.07 Å². The molecule has 1 spiro atoms. The van der Waals surface area contributed by atoms with Crippen molar-refractivity contribution < 1.29 is 37.1 Å². The van der Waals surface area contributed by atoms with Gasteiger partial charge < -0.3 is 10.0 Å². The van der Waals surface area contributed by atoms with Crippen molar-refractivity contribution in [2.75, 3.05) is 11.4 Å². The van der Waals surface area contributed by atoms with Crippen molar-refractivity contribution >= 4 is 23.5 Å². The summed E-state index contributed by atoms with van der Waals surface area (Å²) in [5, 5.41) is 18.3. The van der Waals surface area contributed by atoms with E-state index in [0.717, 1.165) is 23.1 Å². The first-order valence-electron chi connectivity index (χ1n) is 10.2. The van der Waals surface area contributed by atoms with Crippen LogP contribution in [0.4, 0.5) is 23.2 Å². The van der Waals surface area contributed by atoms with Crippen LogP contribution in [0.15, 0.2) is 42.5 Å². The third-order valence-corrected chi connectivity index (χ3v) is 6.26. The predicted molar refractivity (Wildman–Crippen MR) is 109 cm³/mol. The molecule has 2 aromatic carbocycles. The maximum Gasteiger partial charge on any atom is 0.416 e. The van der Waals surface area contributed by atoms with Gasteiger partial charge in [0, 0.05) is 6.54 Å². The highest BCUT2D eigenvalue weighted by atomic mass is 19.4. The number of carboxylic acids is 1. The highest BCUT2D eigenvalue weighted by Crippen LogP contribution is 2.47. The van der Waals surface area contributed by atoms with Crippen molar-refractivity contribution in [2.24, 2.45) is 5.92 Å². The number of nitriles is 1. The Bertz CT molecular complexity index is 1210. The lowest BCUT2D eigenvalue weighted by Crippen LogP contribution is -2.73. The molecule has 1 N–H and O–H groups in total. The predicted octanol–water partition coefficient (Wildman–Crippen LogP) is 3.32. The standard InChI is InChI=1S/C23H17F4N3O4/c24-17-7-14(10-28)3-6-18(17)29-12-19(31)30(22(21(29)34)8-15(9-22)20(32)33)11-13-1-4-16(5-2-13)23(25,26)27/h1-7,15H,8-9,11-12H2,(H,32,33). The Hall–Kier alpha value is -3.94. The molecule has 0 atom stereocenters. The molecule has 2 amide bonds. The highest BCUT2D eigenvalue weighted by molar-refractivity contribution is 6.10. The van der Waals surface area contributed by atoms with E-state index in [0.29, 0.717) is 5.56 Å². The number of nitrogens with zero attached hydrogens (tertiary/aromatic N) is 3. The van der Waals surface area contributed by atoms with Gasteiger partial charge in [0.15, 0.2) is 0 Å². The van der Waals surface area contributed by atoms with E-state index in [-0.39, 0.29) is 30.6 Å². The number of piperazine rings is 1. The molecule has 1 aliphatic carbocycles. The third kappa shape index (κ3) is 3.85. The van der Waals surface area contributed by atoms with Gasteiger partial charge in [-0.1, -0.05) is 12.1 Å². The van der Waals surface area contributed by atoms with Crippen LogP contribution in [0.1, 0.15) is 29.5 Å². The fraction of sp³-hybridized carbons (Fsp3) is 0.304. The van der Waals surface area contributed by atoms with Crippen LogP contribution in [0, 0.1) is 23.1 Å². The molecule has 11 heteroatoms. The molecule has 7 nitrogen and oxygen atoms in total. The van der Waals surface area contributed by atoms with Gasteiger partial charge in [-0.2, -0.15) is 18.4 Å². The van der Waals surface area contributed by atoms with Gasteiger partial charge in [-0.25, -0.2) is 4.39 Å². The van der Waals surface area contributed by atoms with Crippen LogP contribution in [0.5, 0.6) is 0 Å². The molecule has 2 aromatic rings. The number of alkyl halides is 3. The summed E-state index contributed by atoms with van der Waals surface area (Å²) < 4.78 is 53.2. The van der Waals surface area contributed by atoms with E-state index < -0.39 is 53.3 Å². The smallest absolute Gasteiger partial charge is 0.416 e. The zero-order valence-electron chi connectivity index (χ0n) is 17.5. The molecule has 4 rings (SSSR count). The quantitative estimate of drug-likeness (QED) is 0.684. The molecule has 0 bridgehead atoms. The van der Waals surface area contributed by atoms with E-state index in [1.807, 2.05) is 0 Å². The van der Waals surface area contributed by atoms with Gasteiger partial charge >= 0.3 is 12.1 Å². The first-order chi connectivity index (χ1) is 16.0. The van der Waals surface area contributed by atoms with E-state index in [9.17, 15) is 37.1 Å². The van der Waals surface area contributed by atoms with E-state index in [4.69, 9.17) is 5.26 Å². The fourth-order valence-electron chi connectivity index (χ4n) is 4.43. The summed E-state index contributed by atoms with van der Waals surface area (Å²) in [7, 11) is 0. The topological polar surface area (TPSA) is 102 Å². The van der Waals surface area contributed by atoms with E-state index >= 15 is 0 Å². The lowest BCUT2D eigenvalue weighted by molar-refractivity contribution is -0.169. The van der Waals surface area contributed by atoms with Crippen LogP contribution >= 0.6 is 0 Å². The minimum absolute atomic E-state index is 0.0188. The fourth-order valence-corrected chi connectivity index (χ4v) is 4.43.